The van der Waals surface area contributed by atoms with Crippen molar-refractivity contribution in [2.24, 2.45) is 4.99 Å². The molecule has 0 bridgehead atoms. The fourth-order valence-corrected chi connectivity index (χ4v) is 3.67. The highest BCUT2D eigenvalue weighted by atomic mass is 16.1. The van der Waals surface area contributed by atoms with E-state index in [9.17, 15) is 9.59 Å². The topological polar surface area (TPSA) is 97.9 Å². The van der Waals surface area contributed by atoms with E-state index in [1.807, 2.05) is 56.6 Å². The van der Waals surface area contributed by atoms with Crippen LogP contribution in [0.25, 0.3) is 5.70 Å². The van der Waals surface area contributed by atoms with Crippen LogP contribution in [0.4, 0.5) is 5.69 Å². The zero-order valence-corrected chi connectivity index (χ0v) is 20.2. The van der Waals surface area contributed by atoms with E-state index in [1.54, 1.807) is 6.20 Å². The van der Waals surface area contributed by atoms with Gasteiger partial charge in [0.1, 0.15) is 0 Å². The number of nitrogens with one attached hydrogen (secondary N) is 4. The smallest absolute Gasteiger partial charge is 0.251 e. The third-order valence-electron chi connectivity index (χ3n) is 5.58. The lowest BCUT2D eigenvalue weighted by atomic mass is 10.0. The van der Waals surface area contributed by atoms with Crippen LogP contribution >= 0.6 is 0 Å². The van der Waals surface area contributed by atoms with Gasteiger partial charge >= 0.3 is 0 Å². The molecule has 0 aromatic heterocycles. The van der Waals surface area contributed by atoms with E-state index in [1.165, 1.54) is 0 Å². The summed E-state index contributed by atoms with van der Waals surface area (Å²) in [5.41, 5.74) is 6.72. The Morgan fingerprint density at radius 1 is 1.14 bits per heavy atom. The lowest BCUT2D eigenvalue weighted by molar-refractivity contribution is -0.109. The Hall–Kier alpha value is -4.17. The summed E-state index contributed by atoms with van der Waals surface area (Å²) in [6, 6.07) is 13.6. The molecule has 2 aromatic carbocycles. The van der Waals surface area contributed by atoms with Gasteiger partial charge < -0.3 is 26.2 Å². The Morgan fingerprint density at radius 3 is 2.66 bits per heavy atom. The van der Waals surface area contributed by atoms with Crippen molar-refractivity contribution < 1.29 is 9.59 Å². The molecule has 0 atom stereocenters. The standard InChI is InChI=1S/C27H32N6O2/c1-20-4-5-22(16-23(20)17-30-19-34)26-11-10-25(18-33(26)15-14-29-3)32-24-8-6-21(7-9-24)27(35)31-13-12-28-2/h4-11,14-16,19,28,32H,3,12-13,17-18H2,1-2H3,(H,30,34)(H,31,35)/b15-14-. The molecule has 3 rings (SSSR count). The first-order valence-corrected chi connectivity index (χ1v) is 11.4. The van der Waals surface area contributed by atoms with E-state index in [4.69, 9.17) is 0 Å². The Kier molecular flexibility index (Phi) is 9.39. The van der Waals surface area contributed by atoms with E-state index < -0.39 is 0 Å². The third-order valence-corrected chi connectivity index (χ3v) is 5.58. The molecule has 0 fully saturated rings. The molecule has 0 saturated carbocycles. The first-order chi connectivity index (χ1) is 17.0. The number of benzene rings is 2. The number of aliphatic imine (C=N–C) groups is 1. The Morgan fingerprint density at radius 2 is 1.94 bits per heavy atom. The minimum absolute atomic E-state index is 0.0923. The molecule has 0 unspecified atom stereocenters. The number of carbonyl (C=O) groups excluding carboxylic acids is 2. The van der Waals surface area contributed by atoms with Crippen LogP contribution in [0.15, 0.2) is 77.7 Å². The van der Waals surface area contributed by atoms with Crippen LogP contribution < -0.4 is 21.3 Å². The molecule has 0 saturated heterocycles. The van der Waals surface area contributed by atoms with Crippen LogP contribution in [0.5, 0.6) is 0 Å². The van der Waals surface area contributed by atoms with Gasteiger partial charge in [-0.2, -0.15) is 0 Å². The molecule has 1 heterocycles. The van der Waals surface area contributed by atoms with Gasteiger partial charge in [0.05, 0.1) is 6.54 Å². The fraction of sp³-hybridized carbons (Fsp3) is 0.222. The Labute approximate surface area is 206 Å². The fourth-order valence-electron chi connectivity index (χ4n) is 3.67. The zero-order valence-electron chi connectivity index (χ0n) is 20.2. The lowest BCUT2D eigenvalue weighted by Crippen LogP contribution is -2.30. The second kappa shape index (κ2) is 12.9. The lowest BCUT2D eigenvalue weighted by Gasteiger charge is -2.29. The Bertz CT molecular complexity index is 1130. The first-order valence-electron chi connectivity index (χ1n) is 11.4. The maximum atomic E-state index is 12.2. The average molecular weight is 473 g/mol. The molecule has 2 aromatic rings. The van der Waals surface area contributed by atoms with E-state index in [-0.39, 0.29) is 5.91 Å². The monoisotopic (exact) mass is 472 g/mol. The molecule has 1 aliphatic rings. The predicted molar refractivity (Wildman–Crippen MR) is 142 cm³/mol. The van der Waals surface area contributed by atoms with Crippen LogP contribution in [0.2, 0.25) is 0 Å². The van der Waals surface area contributed by atoms with Gasteiger partial charge in [-0.05, 0) is 79.9 Å². The number of hydrogen-bond acceptors (Lipinski definition) is 6. The largest absolute Gasteiger partial charge is 0.357 e. The molecule has 4 N–H and O–H groups in total. The number of carbonyl (C=O) groups is 2. The second-order valence-electron chi connectivity index (χ2n) is 8.05. The molecule has 0 spiro atoms. The molecular formula is C27H32N6O2. The van der Waals surface area contributed by atoms with Crippen molar-refractivity contribution in [2.75, 3.05) is 32.0 Å². The minimum Gasteiger partial charge on any atom is -0.357 e. The van der Waals surface area contributed by atoms with Crippen LogP contribution in [0.3, 0.4) is 0 Å². The van der Waals surface area contributed by atoms with Crippen molar-refractivity contribution >= 4 is 30.4 Å². The highest BCUT2D eigenvalue weighted by Gasteiger charge is 2.16. The highest BCUT2D eigenvalue weighted by Crippen LogP contribution is 2.27. The van der Waals surface area contributed by atoms with Crippen LogP contribution in [0, 0.1) is 6.92 Å². The zero-order chi connectivity index (χ0) is 25.0. The SMILES string of the molecule is C=N/C=C\N1CC(Nc2ccc(C(=O)NCCNC)cc2)=CC=C1c1ccc(C)c(CNC=O)c1. The normalized spacial score (nSPS) is 13.1. The van der Waals surface area contributed by atoms with E-state index >= 15 is 0 Å². The number of rotatable bonds is 12. The second-order valence-corrected chi connectivity index (χ2v) is 8.05. The van der Waals surface area contributed by atoms with Gasteiger partial charge in [0.25, 0.3) is 5.91 Å². The molecule has 1 aliphatic heterocycles. The van der Waals surface area contributed by atoms with Crippen LogP contribution in [-0.2, 0) is 11.3 Å². The average Bonchev–Trinajstić information content (AvgIpc) is 2.87. The summed E-state index contributed by atoms with van der Waals surface area (Å²) in [7, 11) is 1.85. The molecule has 8 heteroatoms. The summed E-state index contributed by atoms with van der Waals surface area (Å²) < 4.78 is 0. The number of anilines is 1. The number of amides is 2. The molecule has 35 heavy (non-hydrogen) atoms. The van der Waals surface area contributed by atoms with Gasteiger partial charge in [0, 0.05) is 54.7 Å². The van der Waals surface area contributed by atoms with Gasteiger partial charge in [-0.1, -0.05) is 12.1 Å². The summed E-state index contributed by atoms with van der Waals surface area (Å²) >= 11 is 0. The van der Waals surface area contributed by atoms with E-state index in [0.717, 1.165) is 40.3 Å². The molecule has 182 valence electrons. The minimum atomic E-state index is -0.0923. The summed E-state index contributed by atoms with van der Waals surface area (Å²) in [5.74, 6) is -0.0923. The van der Waals surface area contributed by atoms with Crippen molar-refractivity contribution in [3.63, 3.8) is 0 Å². The van der Waals surface area contributed by atoms with Crippen molar-refractivity contribution in [1.82, 2.24) is 20.9 Å². The maximum Gasteiger partial charge on any atom is 0.251 e. The predicted octanol–water partition coefficient (Wildman–Crippen LogP) is 3.01. The van der Waals surface area contributed by atoms with E-state index in [0.29, 0.717) is 31.6 Å². The number of allylic oxidation sites excluding steroid dienone is 2. The number of aryl methyl sites for hydroxylation is 1. The first kappa shape index (κ1) is 25.5. The number of hydrogen-bond donors (Lipinski definition) is 4. The van der Waals surface area contributed by atoms with Gasteiger partial charge in [-0.15, -0.1) is 0 Å². The van der Waals surface area contributed by atoms with Gasteiger partial charge in [0.2, 0.25) is 6.41 Å². The molecule has 0 aliphatic carbocycles. The summed E-state index contributed by atoms with van der Waals surface area (Å²) in [6.45, 7) is 7.95. The number of nitrogens with zero attached hydrogens (tertiary/aromatic N) is 2. The van der Waals surface area contributed by atoms with Crippen LogP contribution in [0.1, 0.15) is 27.0 Å². The highest BCUT2D eigenvalue weighted by molar-refractivity contribution is 5.94. The summed E-state index contributed by atoms with van der Waals surface area (Å²) in [6.07, 6.45) is 8.34. The van der Waals surface area contributed by atoms with Crippen molar-refractivity contribution in [3.05, 3.63) is 95.0 Å². The quantitative estimate of drug-likeness (QED) is 0.216. The maximum absolute atomic E-state index is 12.2. The molecule has 0 radical (unpaired) electrons. The van der Waals surface area contributed by atoms with E-state index in [2.05, 4.69) is 56.1 Å². The molecular weight excluding hydrogens is 440 g/mol. The van der Waals surface area contributed by atoms with Gasteiger partial charge in [0.15, 0.2) is 0 Å². The number of likely N-dealkylation sites (N-methyl/N-ethyl adjacent to an activating group) is 1. The summed E-state index contributed by atoms with van der Waals surface area (Å²) in [4.78, 5) is 28.9. The van der Waals surface area contributed by atoms with Crippen molar-refractivity contribution in [2.45, 2.75) is 13.5 Å². The Balaban J connectivity index is 1.78. The van der Waals surface area contributed by atoms with Crippen molar-refractivity contribution in [3.8, 4) is 0 Å². The molecule has 8 nitrogen and oxygen atoms in total. The molecule has 2 amide bonds. The summed E-state index contributed by atoms with van der Waals surface area (Å²) in [5, 5.41) is 12.0. The van der Waals surface area contributed by atoms with Crippen LogP contribution in [-0.4, -0.2) is 50.6 Å². The van der Waals surface area contributed by atoms with Gasteiger partial charge in [-0.3, -0.25) is 14.6 Å². The van der Waals surface area contributed by atoms with Crippen molar-refractivity contribution in [1.29, 1.82) is 0 Å². The van der Waals surface area contributed by atoms with Gasteiger partial charge in [-0.25, -0.2) is 0 Å². The third kappa shape index (κ3) is 7.15.